The summed E-state index contributed by atoms with van der Waals surface area (Å²) in [5.74, 6) is 0.795. The quantitative estimate of drug-likeness (QED) is 0.836. The first-order chi connectivity index (χ1) is 7.83. The van der Waals surface area contributed by atoms with Gasteiger partial charge in [0.15, 0.2) is 0 Å². The Kier molecular flexibility index (Phi) is 3.39. The average Bonchev–Trinajstić information content (AvgIpc) is 2.83. The Balaban J connectivity index is 2.26. The zero-order valence-electron chi connectivity index (χ0n) is 9.57. The Morgan fingerprint density at radius 3 is 2.94 bits per heavy atom. The van der Waals surface area contributed by atoms with Gasteiger partial charge in [-0.3, -0.25) is 4.79 Å². The van der Waals surface area contributed by atoms with Crippen molar-refractivity contribution in [2.45, 2.75) is 19.8 Å². The molecular formula is C12H17N3O. The van der Waals surface area contributed by atoms with Crippen LogP contribution in [0.3, 0.4) is 0 Å². The third kappa shape index (κ3) is 2.15. The lowest BCUT2D eigenvalue weighted by Crippen LogP contribution is -2.27. The fourth-order valence-electron chi connectivity index (χ4n) is 2.01. The molecule has 0 bridgehead atoms. The number of hydrogen-bond donors (Lipinski definition) is 1. The molecule has 1 fully saturated rings. The molecule has 1 N–H and O–H groups in total. The number of nitrogens with zero attached hydrogens (tertiary/aromatic N) is 2. The van der Waals surface area contributed by atoms with Crippen molar-refractivity contribution in [2.24, 2.45) is 0 Å². The summed E-state index contributed by atoms with van der Waals surface area (Å²) in [6, 6.07) is 3.65. The van der Waals surface area contributed by atoms with E-state index in [4.69, 9.17) is 0 Å². The van der Waals surface area contributed by atoms with Gasteiger partial charge in [-0.2, -0.15) is 0 Å². The SMILES string of the molecule is CCNC(=O)c1cccnc1N1CCCC1. The Bertz CT molecular complexity index is 372. The fourth-order valence-corrected chi connectivity index (χ4v) is 2.01. The molecule has 0 aliphatic carbocycles. The maximum absolute atomic E-state index is 11.8. The van der Waals surface area contributed by atoms with E-state index >= 15 is 0 Å². The highest BCUT2D eigenvalue weighted by Gasteiger charge is 2.19. The Hall–Kier alpha value is -1.58. The predicted octanol–water partition coefficient (Wildman–Crippen LogP) is 1.43. The minimum atomic E-state index is -0.0301. The van der Waals surface area contributed by atoms with Crippen LogP contribution >= 0.6 is 0 Å². The lowest BCUT2D eigenvalue weighted by molar-refractivity contribution is 0.0956. The first kappa shape index (κ1) is 10.9. The average molecular weight is 219 g/mol. The van der Waals surface area contributed by atoms with Gasteiger partial charge in [-0.05, 0) is 31.9 Å². The molecule has 0 spiro atoms. The van der Waals surface area contributed by atoms with E-state index in [2.05, 4.69) is 15.2 Å². The molecule has 16 heavy (non-hydrogen) atoms. The summed E-state index contributed by atoms with van der Waals surface area (Å²) >= 11 is 0. The molecule has 2 heterocycles. The van der Waals surface area contributed by atoms with Gasteiger partial charge in [-0.15, -0.1) is 0 Å². The fraction of sp³-hybridized carbons (Fsp3) is 0.500. The van der Waals surface area contributed by atoms with Crippen molar-refractivity contribution in [3.8, 4) is 0 Å². The smallest absolute Gasteiger partial charge is 0.255 e. The molecule has 4 nitrogen and oxygen atoms in total. The first-order valence-electron chi connectivity index (χ1n) is 5.81. The van der Waals surface area contributed by atoms with Crippen molar-refractivity contribution in [2.75, 3.05) is 24.5 Å². The van der Waals surface area contributed by atoms with Gasteiger partial charge in [0.2, 0.25) is 0 Å². The highest BCUT2D eigenvalue weighted by molar-refractivity contribution is 5.98. The number of rotatable bonds is 3. The summed E-state index contributed by atoms with van der Waals surface area (Å²) in [6.45, 7) is 4.57. The van der Waals surface area contributed by atoms with Crippen LogP contribution in [0, 0.1) is 0 Å². The minimum Gasteiger partial charge on any atom is -0.356 e. The van der Waals surface area contributed by atoms with E-state index in [9.17, 15) is 4.79 Å². The molecule has 0 saturated carbocycles. The summed E-state index contributed by atoms with van der Waals surface area (Å²) in [5, 5.41) is 2.82. The standard InChI is InChI=1S/C12H17N3O/c1-2-13-12(16)10-6-5-7-14-11(10)15-8-3-4-9-15/h5-7H,2-4,8-9H2,1H3,(H,13,16). The van der Waals surface area contributed by atoms with Crippen LogP contribution in [0.2, 0.25) is 0 Å². The second-order valence-corrected chi connectivity index (χ2v) is 3.93. The van der Waals surface area contributed by atoms with Crippen LogP contribution in [0.25, 0.3) is 0 Å². The molecule has 1 amide bonds. The number of carbonyl (C=O) groups is 1. The number of aromatic nitrogens is 1. The molecule has 1 aromatic heterocycles. The van der Waals surface area contributed by atoms with E-state index in [-0.39, 0.29) is 5.91 Å². The second kappa shape index (κ2) is 4.96. The number of pyridine rings is 1. The van der Waals surface area contributed by atoms with Crippen LogP contribution in [0.5, 0.6) is 0 Å². The number of nitrogens with one attached hydrogen (secondary N) is 1. The normalized spacial score (nSPS) is 15.2. The number of carbonyl (C=O) groups excluding carboxylic acids is 1. The van der Waals surface area contributed by atoms with Gasteiger partial charge < -0.3 is 10.2 Å². The lowest BCUT2D eigenvalue weighted by atomic mass is 10.2. The van der Waals surface area contributed by atoms with Crippen molar-refractivity contribution in [3.63, 3.8) is 0 Å². The lowest BCUT2D eigenvalue weighted by Gasteiger charge is -2.19. The Morgan fingerprint density at radius 1 is 1.50 bits per heavy atom. The molecular weight excluding hydrogens is 202 g/mol. The van der Waals surface area contributed by atoms with Gasteiger partial charge >= 0.3 is 0 Å². The molecule has 0 unspecified atom stereocenters. The highest BCUT2D eigenvalue weighted by Crippen LogP contribution is 2.21. The van der Waals surface area contributed by atoms with Crippen LogP contribution < -0.4 is 10.2 Å². The van der Waals surface area contributed by atoms with Crippen LogP contribution in [0.4, 0.5) is 5.82 Å². The molecule has 1 aromatic rings. The summed E-state index contributed by atoms with van der Waals surface area (Å²) < 4.78 is 0. The molecule has 2 rings (SSSR count). The third-order valence-electron chi connectivity index (χ3n) is 2.77. The van der Waals surface area contributed by atoms with Crippen LogP contribution in [0.1, 0.15) is 30.1 Å². The minimum absolute atomic E-state index is 0.0301. The van der Waals surface area contributed by atoms with Gasteiger partial charge in [0, 0.05) is 25.8 Å². The zero-order chi connectivity index (χ0) is 11.4. The van der Waals surface area contributed by atoms with Crippen LogP contribution in [-0.2, 0) is 0 Å². The number of amides is 1. The third-order valence-corrected chi connectivity index (χ3v) is 2.77. The molecule has 0 radical (unpaired) electrons. The summed E-state index contributed by atoms with van der Waals surface area (Å²) in [4.78, 5) is 18.4. The van der Waals surface area contributed by atoms with Crippen LogP contribution in [-0.4, -0.2) is 30.5 Å². The van der Waals surface area contributed by atoms with Gasteiger partial charge in [0.1, 0.15) is 5.82 Å². The maximum atomic E-state index is 11.8. The van der Waals surface area contributed by atoms with Gasteiger partial charge in [0.25, 0.3) is 5.91 Å². The molecule has 1 aliphatic rings. The van der Waals surface area contributed by atoms with E-state index in [1.165, 1.54) is 12.8 Å². The predicted molar refractivity (Wildman–Crippen MR) is 63.7 cm³/mol. The Morgan fingerprint density at radius 2 is 2.25 bits per heavy atom. The van der Waals surface area contributed by atoms with Crippen molar-refractivity contribution < 1.29 is 4.79 Å². The van der Waals surface area contributed by atoms with E-state index < -0.39 is 0 Å². The molecule has 4 heteroatoms. The highest BCUT2D eigenvalue weighted by atomic mass is 16.1. The van der Waals surface area contributed by atoms with E-state index in [1.54, 1.807) is 6.20 Å². The summed E-state index contributed by atoms with van der Waals surface area (Å²) in [5.41, 5.74) is 0.686. The zero-order valence-corrected chi connectivity index (χ0v) is 9.57. The van der Waals surface area contributed by atoms with Crippen molar-refractivity contribution in [3.05, 3.63) is 23.9 Å². The van der Waals surface area contributed by atoms with Gasteiger partial charge in [0.05, 0.1) is 5.56 Å². The first-order valence-corrected chi connectivity index (χ1v) is 5.81. The molecule has 1 saturated heterocycles. The molecule has 1 aliphatic heterocycles. The van der Waals surface area contributed by atoms with Crippen molar-refractivity contribution in [1.82, 2.24) is 10.3 Å². The van der Waals surface area contributed by atoms with Crippen LogP contribution in [0.15, 0.2) is 18.3 Å². The second-order valence-electron chi connectivity index (χ2n) is 3.93. The van der Waals surface area contributed by atoms with Crippen molar-refractivity contribution in [1.29, 1.82) is 0 Å². The van der Waals surface area contributed by atoms with E-state index in [0.29, 0.717) is 12.1 Å². The summed E-state index contributed by atoms with van der Waals surface area (Å²) in [6.07, 6.45) is 4.12. The van der Waals surface area contributed by atoms with E-state index in [0.717, 1.165) is 18.9 Å². The van der Waals surface area contributed by atoms with Gasteiger partial charge in [-0.1, -0.05) is 0 Å². The largest absolute Gasteiger partial charge is 0.356 e. The maximum Gasteiger partial charge on any atom is 0.255 e. The summed E-state index contributed by atoms with van der Waals surface area (Å²) in [7, 11) is 0. The van der Waals surface area contributed by atoms with E-state index in [1.807, 2.05) is 19.1 Å². The van der Waals surface area contributed by atoms with Crippen molar-refractivity contribution >= 4 is 11.7 Å². The number of anilines is 1. The topological polar surface area (TPSA) is 45.2 Å². The molecule has 86 valence electrons. The molecule has 0 atom stereocenters. The molecule has 0 aromatic carbocycles. The van der Waals surface area contributed by atoms with Gasteiger partial charge in [-0.25, -0.2) is 4.98 Å². The monoisotopic (exact) mass is 219 g/mol. The Labute approximate surface area is 95.7 Å². The number of hydrogen-bond acceptors (Lipinski definition) is 3.